The molecule has 1 aliphatic heterocycles. The molecule has 4 rings (SSSR count). The number of amides is 1. The number of hydrogen-bond acceptors (Lipinski definition) is 7. The number of carbonyl (C=O) groups excluding carboxylic acids is 2. The van der Waals surface area contributed by atoms with Gasteiger partial charge in [0, 0.05) is 10.7 Å². The van der Waals surface area contributed by atoms with E-state index in [1.165, 1.54) is 31.3 Å². The fourth-order valence-electron chi connectivity index (χ4n) is 4.44. The van der Waals surface area contributed by atoms with Crippen molar-refractivity contribution in [3.05, 3.63) is 81.9 Å². The highest BCUT2D eigenvalue weighted by molar-refractivity contribution is 6.52. The summed E-state index contributed by atoms with van der Waals surface area (Å²) in [5.74, 6) is -1.65. The average molecular weight is 524 g/mol. The van der Waals surface area contributed by atoms with E-state index < -0.39 is 23.5 Å². The monoisotopic (exact) mass is 523 g/mol. The van der Waals surface area contributed by atoms with E-state index in [0.717, 1.165) is 0 Å². The lowest BCUT2D eigenvalue weighted by Gasteiger charge is -2.27. The van der Waals surface area contributed by atoms with Gasteiger partial charge < -0.3 is 24.4 Å². The number of nitrogens with zero attached hydrogens (tertiary/aromatic N) is 1. The first-order chi connectivity index (χ1) is 17.7. The first-order valence-corrected chi connectivity index (χ1v) is 11.9. The van der Waals surface area contributed by atoms with Crippen molar-refractivity contribution in [3.63, 3.8) is 0 Å². The summed E-state index contributed by atoms with van der Waals surface area (Å²) in [4.78, 5) is 28.4. The van der Waals surface area contributed by atoms with Crippen LogP contribution < -0.4 is 19.1 Å². The Morgan fingerprint density at radius 1 is 1.00 bits per heavy atom. The van der Waals surface area contributed by atoms with Crippen LogP contribution in [0.3, 0.4) is 0 Å². The van der Waals surface area contributed by atoms with Crippen molar-refractivity contribution in [3.8, 4) is 23.0 Å². The quantitative estimate of drug-likeness (QED) is 0.243. The van der Waals surface area contributed by atoms with Crippen molar-refractivity contribution < 1.29 is 34.0 Å². The number of anilines is 1. The Morgan fingerprint density at radius 2 is 1.65 bits per heavy atom. The molecule has 0 aromatic heterocycles. The first-order valence-electron chi connectivity index (χ1n) is 11.5. The van der Waals surface area contributed by atoms with Gasteiger partial charge in [0.25, 0.3) is 11.7 Å². The highest BCUT2D eigenvalue weighted by atomic mass is 35.5. The van der Waals surface area contributed by atoms with Gasteiger partial charge in [-0.1, -0.05) is 29.8 Å². The van der Waals surface area contributed by atoms with Crippen LogP contribution >= 0.6 is 11.6 Å². The molecule has 1 fully saturated rings. The van der Waals surface area contributed by atoms with Gasteiger partial charge in [-0.3, -0.25) is 14.5 Å². The van der Waals surface area contributed by atoms with E-state index in [9.17, 15) is 19.8 Å². The lowest BCUT2D eigenvalue weighted by Crippen LogP contribution is -2.30. The van der Waals surface area contributed by atoms with Crippen LogP contribution in [-0.4, -0.2) is 42.7 Å². The molecule has 192 valence electrons. The molecule has 0 bridgehead atoms. The minimum Gasteiger partial charge on any atom is -0.506 e. The largest absolute Gasteiger partial charge is 0.506 e. The second-order valence-corrected chi connectivity index (χ2v) is 8.66. The lowest BCUT2D eigenvalue weighted by molar-refractivity contribution is -0.132. The standard InChI is InChI=1S/C28H26ClNO7/c1-5-37-22-14-16(12-13-19(22)31)25-24(26(32)23-20(35-3)10-7-11-21(23)36-4)27(33)28(34)30(25)18-9-6-8-17(29)15(18)2/h6-14,25,31-32H,5H2,1-4H3/b26-24+. The summed E-state index contributed by atoms with van der Waals surface area (Å²) in [6.07, 6.45) is 0. The molecular weight excluding hydrogens is 498 g/mol. The van der Waals surface area contributed by atoms with Crippen molar-refractivity contribution in [2.45, 2.75) is 19.9 Å². The minimum absolute atomic E-state index is 0.104. The number of benzene rings is 3. The van der Waals surface area contributed by atoms with E-state index in [-0.39, 0.29) is 40.7 Å². The van der Waals surface area contributed by atoms with Crippen LogP contribution in [0.1, 0.15) is 29.7 Å². The summed E-state index contributed by atoms with van der Waals surface area (Å²) >= 11 is 6.36. The molecule has 1 unspecified atom stereocenters. The summed E-state index contributed by atoms with van der Waals surface area (Å²) in [6, 6.07) is 13.4. The number of ketones is 1. The number of aliphatic hydroxyl groups is 1. The van der Waals surface area contributed by atoms with E-state index in [0.29, 0.717) is 21.8 Å². The third-order valence-corrected chi connectivity index (χ3v) is 6.62. The molecule has 1 amide bonds. The lowest BCUT2D eigenvalue weighted by atomic mass is 9.94. The molecule has 1 heterocycles. The van der Waals surface area contributed by atoms with E-state index in [1.54, 1.807) is 56.3 Å². The van der Waals surface area contributed by atoms with Crippen molar-refractivity contribution in [1.82, 2.24) is 0 Å². The minimum atomic E-state index is -1.08. The van der Waals surface area contributed by atoms with Crippen molar-refractivity contribution >= 4 is 34.7 Å². The second kappa shape index (κ2) is 10.4. The van der Waals surface area contributed by atoms with Crippen LogP contribution in [0.5, 0.6) is 23.0 Å². The Morgan fingerprint density at radius 3 is 2.27 bits per heavy atom. The van der Waals surface area contributed by atoms with Gasteiger partial charge >= 0.3 is 0 Å². The summed E-state index contributed by atoms with van der Waals surface area (Å²) < 4.78 is 16.4. The zero-order valence-electron chi connectivity index (χ0n) is 20.7. The highest BCUT2D eigenvalue weighted by Gasteiger charge is 2.48. The number of phenolic OH excluding ortho intramolecular Hbond substituents is 1. The van der Waals surface area contributed by atoms with Crippen molar-refractivity contribution in [2.75, 3.05) is 25.7 Å². The summed E-state index contributed by atoms with van der Waals surface area (Å²) in [6.45, 7) is 3.78. The maximum absolute atomic E-state index is 13.6. The molecule has 1 saturated heterocycles. The summed E-state index contributed by atoms with van der Waals surface area (Å²) in [7, 11) is 2.84. The van der Waals surface area contributed by atoms with Crippen LogP contribution in [0.2, 0.25) is 5.02 Å². The molecule has 1 atom stereocenters. The van der Waals surface area contributed by atoms with Crippen molar-refractivity contribution in [1.29, 1.82) is 0 Å². The first kappa shape index (κ1) is 25.9. The Kier molecular flexibility index (Phi) is 7.31. The number of aliphatic hydroxyl groups excluding tert-OH is 1. The Balaban J connectivity index is 2.06. The number of carbonyl (C=O) groups is 2. The van der Waals surface area contributed by atoms with Gasteiger partial charge in [0.15, 0.2) is 11.5 Å². The fourth-order valence-corrected chi connectivity index (χ4v) is 4.61. The zero-order valence-corrected chi connectivity index (χ0v) is 21.5. The second-order valence-electron chi connectivity index (χ2n) is 8.25. The predicted molar refractivity (Wildman–Crippen MR) is 140 cm³/mol. The predicted octanol–water partition coefficient (Wildman–Crippen LogP) is 5.40. The third-order valence-electron chi connectivity index (χ3n) is 6.21. The zero-order chi connectivity index (χ0) is 26.9. The van der Waals surface area contributed by atoms with Crippen molar-refractivity contribution in [2.24, 2.45) is 0 Å². The van der Waals surface area contributed by atoms with Gasteiger partial charge in [-0.05, 0) is 61.4 Å². The molecule has 9 heteroatoms. The van der Waals surface area contributed by atoms with Gasteiger partial charge in [0.1, 0.15) is 22.8 Å². The Hall–Kier alpha value is -4.17. The fraction of sp³-hybridized carbons (Fsp3) is 0.214. The molecule has 3 aromatic carbocycles. The Bertz CT molecular complexity index is 1390. The van der Waals surface area contributed by atoms with Crippen LogP contribution in [0.15, 0.2) is 60.2 Å². The number of methoxy groups -OCH3 is 2. The number of phenols is 1. The topological polar surface area (TPSA) is 106 Å². The maximum Gasteiger partial charge on any atom is 0.300 e. The van der Waals surface area contributed by atoms with Crippen LogP contribution in [0.4, 0.5) is 5.69 Å². The van der Waals surface area contributed by atoms with E-state index in [4.69, 9.17) is 25.8 Å². The number of halogens is 1. The van der Waals surface area contributed by atoms with Gasteiger partial charge in [0.05, 0.1) is 32.4 Å². The van der Waals surface area contributed by atoms with E-state index >= 15 is 0 Å². The van der Waals surface area contributed by atoms with E-state index in [2.05, 4.69) is 0 Å². The maximum atomic E-state index is 13.6. The smallest absolute Gasteiger partial charge is 0.300 e. The van der Waals surface area contributed by atoms with Crippen LogP contribution in [0, 0.1) is 6.92 Å². The number of rotatable bonds is 7. The molecule has 2 N–H and O–H groups in total. The number of ether oxygens (including phenoxy) is 3. The SMILES string of the molecule is CCOc1cc(C2/C(=C(\O)c3c(OC)cccc3OC)C(=O)C(=O)N2c2cccc(Cl)c2C)ccc1O. The molecule has 0 radical (unpaired) electrons. The molecule has 0 spiro atoms. The number of Topliss-reactive ketones (excluding diaryl/α,β-unsaturated/α-hetero) is 1. The molecule has 37 heavy (non-hydrogen) atoms. The van der Waals surface area contributed by atoms with Crippen LogP contribution in [-0.2, 0) is 9.59 Å². The molecular formula is C28H26ClNO7. The molecule has 0 saturated carbocycles. The molecule has 8 nitrogen and oxygen atoms in total. The van der Waals surface area contributed by atoms with E-state index in [1.807, 2.05) is 0 Å². The average Bonchev–Trinajstić information content (AvgIpc) is 3.16. The normalized spacial score (nSPS) is 16.7. The molecule has 0 aliphatic carbocycles. The number of aromatic hydroxyl groups is 1. The molecule has 1 aliphatic rings. The van der Waals surface area contributed by atoms with Gasteiger partial charge in [0.2, 0.25) is 0 Å². The Labute approximate surface area is 219 Å². The van der Waals surface area contributed by atoms with Crippen LogP contribution in [0.25, 0.3) is 5.76 Å². The number of hydrogen-bond donors (Lipinski definition) is 2. The van der Waals surface area contributed by atoms with Gasteiger partial charge in [-0.15, -0.1) is 0 Å². The summed E-state index contributed by atoms with van der Waals surface area (Å²) in [5, 5.41) is 22.3. The summed E-state index contributed by atoms with van der Waals surface area (Å²) in [5.41, 5.74) is 1.35. The van der Waals surface area contributed by atoms with Gasteiger partial charge in [-0.2, -0.15) is 0 Å². The highest BCUT2D eigenvalue weighted by Crippen LogP contribution is 2.47. The van der Waals surface area contributed by atoms with Gasteiger partial charge in [-0.25, -0.2) is 0 Å². The third kappa shape index (κ3) is 4.44. The molecule has 3 aromatic rings.